The molecular weight excluding hydrogens is 380 g/mol. The second-order valence-corrected chi connectivity index (χ2v) is 13.2. The molecule has 0 fully saturated rings. The molecule has 2 atom stereocenters. The Hall–Kier alpha value is 0.154. The summed E-state index contributed by atoms with van der Waals surface area (Å²) in [6.45, 7) is 10.6. The van der Waals surface area contributed by atoms with Crippen LogP contribution in [0.1, 0.15) is 53.4 Å². The lowest BCUT2D eigenvalue weighted by atomic mass is 10.2. The van der Waals surface area contributed by atoms with Gasteiger partial charge >= 0.3 is 17.6 Å². The molecule has 0 saturated heterocycles. The highest BCUT2D eigenvalue weighted by Gasteiger charge is 2.51. The first-order valence-corrected chi connectivity index (χ1v) is 14.1. The van der Waals surface area contributed by atoms with E-state index in [2.05, 4.69) is 38.3 Å². The Labute approximate surface area is 169 Å². The average molecular weight is 425 g/mol. The van der Waals surface area contributed by atoms with Crippen molar-refractivity contribution in [1.29, 1.82) is 0 Å². The Kier molecular flexibility index (Phi) is 15.1. The molecule has 0 bridgehead atoms. The fourth-order valence-electron chi connectivity index (χ4n) is 2.68. The third kappa shape index (κ3) is 10.5. The van der Waals surface area contributed by atoms with Crippen molar-refractivity contribution in [2.45, 2.75) is 77.6 Å². The fourth-order valence-corrected chi connectivity index (χ4v) is 9.09. The predicted octanol–water partition coefficient (Wildman–Crippen LogP) is 3.02. The van der Waals surface area contributed by atoms with E-state index in [0.29, 0.717) is 12.1 Å². The van der Waals surface area contributed by atoms with Crippen LogP contribution in [0.15, 0.2) is 0 Å². The van der Waals surface area contributed by atoms with Crippen LogP contribution in [0.5, 0.6) is 0 Å². The van der Waals surface area contributed by atoms with Crippen LogP contribution in [0.4, 0.5) is 0 Å². The molecule has 7 nitrogen and oxygen atoms in total. The van der Waals surface area contributed by atoms with E-state index < -0.39 is 17.6 Å². The molecule has 27 heavy (non-hydrogen) atoms. The summed E-state index contributed by atoms with van der Waals surface area (Å²) >= 11 is 0. The molecule has 164 valence electrons. The summed E-state index contributed by atoms with van der Waals surface area (Å²) in [6, 6.07) is 2.49. The molecule has 0 aliphatic heterocycles. The van der Waals surface area contributed by atoms with E-state index in [-0.39, 0.29) is 0 Å². The average Bonchev–Trinajstić information content (AvgIpc) is 2.71. The van der Waals surface area contributed by atoms with Gasteiger partial charge in [0.1, 0.15) is 0 Å². The van der Waals surface area contributed by atoms with Gasteiger partial charge in [0.15, 0.2) is 0 Å². The molecule has 0 aliphatic carbocycles. The highest BCUT2D eigenvalue weighted by atomic mass is 28.5. The largest absolute Gasteiger partial charge is 0.493 e. The van der Waals surface area contributed by atoms with Gasteiger partial charge in [0.05, 0.1) is 0 Å². The Morgan fingerprint density at radius 3 is 1.26 bits per heavy atom. The summed E-state index contributed by atoms with van der Waals surface area (Å²) in [6.07, 6.45) is 4.07. The summed E-state index contributed by atoms with van der Waals surface area (Å²) in [4.78, 5) is 0. The van der Waals surface area contributed by atoms with Crippen LogP contribution in [-0.4, -0.2) is 71.2 Å². The molecule has 2 unspecified atom stereocenters. The van der Waals surface area contributed by atoms with Gasteiger partial charge in [-0.2, -0.15) is 0 Å². The maximum Gasteiger partial charge on any atom is 0.493 e. The van der Waals surface area contributed by atoms with E-state index in [1.54, 1.807) is 28.4 Å². The van der Waals surface area contributed by atoms with Gasteiger partial charge in [0.2, 0.25) is 0 Å². The van der Waals surface area contributed by atoms with Crippen molar-refractivity contribution in [1.82, 2.24) is 10.6 Å². The smallest absolute Gasteiger partial charge is 0.377 e. The predicted molar refractivity (Wildman–Crippen MR) is 115 cm³/mol. The Balaban J connectivity index is 4.78. The molecule has 0 spiro atoms. The van der Waals surface area contributed by atoms with E-state index in [0.717, 1.165) is 50.9 Å². The number of nitrogens with one attached hydrogen (secondary N) is 2. The standard InChI is InChI=1S/C18H44N2O5Si2/c1-9-17(3)19-13-11-15-26(21-5,22-6)25-27(23-7,24-8)16-12-14-20-18(4)10-2/h17-20H,9-16H2,1-8H3. The van der Waals surface area contributed by atoms with Crippen LogP contribution >= 0.6 is 0 Å². The zero-order chi connectivity index (χ0) is 20.8. The van der Waals surface area contributed by atoms with Gasteiger partial charge in [-0.05, 0) is 52.6 Å². The first kappa shape index (κ1) is 27.2. The fraction of sp³-hybridized carbons (Fsp3) is 1.00. The second kappa shape index (κ2) is 15.1. The van der Waals surface area contributed by atoms with Gasteiger partial charge in [-0.3, -0.25) is 0 Å². The van der Waals surface area contributed by atoms with Gasteiger partial charge in [-0.25, -0.2) is 0 Å². The summed E-state index contributed by atoms with van der Waals surface area (Å²) < 4.78 is 29.5. The maximum atomic E-state index is 6.42. The van der Waals surface area contributed by atoms with E-state index in [9.17, 15) is 0 Å². The van der Waals surface area contributed by atoms with Gasteiger partial charge in [0, 0.05) is 52.6 Å². The normalized spacial score (nSPS) is 15.1. The van der Waals surface area contributed by atoms with E-state index in [4.69, 9.17) is 21.8 Å². The van der Waals surface area contributed by atoms with Gasteiger partial charge < -0.3 is 32.5 Å². The Bertz CT molecular complexity index is 327. The second-order valence-electron chi connectivity index (χ2n) is 7.02. The molecule has 0 aliphatic rings. The molecular formula is C18H44N2O5Si2. The van der Waals surface area contributed by atoms with Crippen LogP contribution in [0.25, 0.3) is 0 Å². The van der Waals surface area contributed by atoms with Crippen molar-refractivity contribution in [3.05, 3.63) is 0 Å². The summed E-state index contributed by atoms with van der Waals surface area (Å²) in [5.74, 6) is 0. The molecule has 0 radical (unpaired) electrons. The minimum Gasteiger partial charge on any atom is -0.377 e. The van der Waals surface area contributed by atoms with E-state index >= 15 is 0 Å². The van der Waals surface area contributed by atoms with Crippen molar-refractivity contribution in [2.24, 2.45) is 0 Å². The SMILES string of the molecule is CCC(C)NCCC[Si](OC)(OC)O[Si](CCCNC(C)CC)(OC)OC. The third-order valence-electron chi connectivity index (χ3n) is 5.08. The molecule has 0 aromatic carbocycles. The van der Waals surface area contributed by atoms with Crippen LogP contribution < -0.4 is 10.6 Å². The number of hydrogen-bond donors (Lipinski definition) is 2. The zero-order valence-corrected chi connectivity index (χ0v) is 20.9. The highest BCUT2D eigenvalue weighted by Crippen LogP contribution is 2.26. The third-order valence-corrected chi connectivity index (χ3v) is 12.0. The zero-order valence-electron chi connectivity index (χ0n) is 18.9. The molecule has 2 N–H and O–H groups in total. The molecule has 0 aromatic heterocycles. The minimum absolute atomic E-state index is 0.511. The van der Waals surface area contributed by atoms with Crippen LogP contribution in [-0.2, 0) is 21.8 Å². The lowest BCUT2D eigenvalue weighted by molar-refractivity contribution is 0.0858. The number of rotatable bonds is 18. The highest BCUT2D eigenvalue weighted by molar-refractivity contribution is 6.74. The molecule has 9 heteroatoms. The van der Waals surface area contributed by atoms with Crippen molar-refractivity contribution in [2.75, 3.05) is 41.5 Å². The van der Waals surface area contributed by atoms with Gasteiger partial charge in [0.25, 0.3) is 0 Å². The van der Waals surface area contributed by atoms with Crippen molar-refractivity contribution in [3.8, 4) is 0 Å². The van der Waals surface area contributed by atoms with Crippen molar-refractivity contribution < 1.29 is 21.8 Å². The van der Waals surface area contributed by atoms with Crippen molar-refractivity contribution >= 4 is 17.6 Å². The lowest BCUT2D eigenvalue weighted by Gasteiger charge is -2.36. The van der Waals surface area contributed by atoms with Crippen LogP contribution in [0.3, 0.4) is 0 Å². The van der Waals surface area contributed by atoms with Gasteiger partial charge in [-0.1, -0.05) is 13.8 Å². The van der Waals surface area contributed by atoms with Crippen molar-refractivity contribution in [3.63, 3.8) is 0 Å². The Morgan fingerprint density at radius 1 is 0.667 bits per heavy atom. The number of hydrogen-bond acceptors (Lipinski definition) is 7. The maximum absolute atomic E-state index is 6.42. The minimum atomic E-state index is -2.84. The molecule has 0 rings (SSSR count). The quantitative estimate of drug-likeness (QED) is 0.259. The van der Waals surface area contributed by atoms with E-state index in [1.165, 1.54) is 0 Å². The van der Waals surface area contributed by atoms with Crippen LogP contribution in [0.2, 0.25) is 12.1 Å². The summed E-state index contributed by atoms with van der Waals surface area (Å²) in [5, 5.41) is 7.00. The van der Waals surface area contributed by atoms with E-state index in [1.807, 2.05) is 0 Å². The molecule has 0 aromatic rings. The monoisotopic (exact) mass is 424 g/mol. The lowest BCUT2D eigenvalue weighted by Crippen LogP contribution is -2.57. The first-order chi connectivity index (χ1) is 12.9. The topological polar surface area (TPSA) is 70.2 Å². The van der Waals surface area contributed by atoms with Gasteiger partial charge in [-0.15, -0.1) is 0 Å². The summed E-state index contributed by atoms with van der Waals surface area (Å²) in [7, 11) is 0.957. The first-order valence-electron chi connectivity index (χ1n) is 10.2. The molecule has 0 amide bonds. The molecule has 0 saturated carbocycles. The molecule has 0 heterocycles. The summed E-state index contributed by atoms with van der Waals surface area (Å²) in [5.41, 5.74) is 0. The Morgan fingerprint density at radius 2 is 1.00 bits per heavy atom. The van der Waals surface area contributed by atoms with Crippen LogP contribution in [0, 0.1) is 0 Å².